The number of piperidine rings is 1. The molecule has 2 heterocycles. The lowest BCUT2D eigenvalue weighted by molar-refractivity contribution is 0.176. The highest BCUT2D eigenvalue weighted by atomic mass is 16.3. The maximum atomic E-state index is 12.0. The van der Waals surface area contributed by atoms with E-state index in [1.54, 1.807) is 0 Å². The Bertz CT molecular complexity index is 531. The molecule has 1 aliphatic heterocycles. The largest absolute Gasteiger partial charge is 0.393 e. The molecule has 138 valence electrons. The minimum absolute atomic E-state index is 0.0587. The first-order valence-corrected chi connectivity index (χ1v) is 9.52. The molecule has 1 saturated carbocycles. The third-order valence-corrected chi connectivity index (χ3v) is 5.45. The second-order valence-corrected chi connectivity index (χ2v) is 7.41. The summed E-state index contributed by atoms with van der Waals surface area (Å²) in [5.74, 6) is 0.427. The lowest BCUT2D eigenvalue weighted by Gasteiger charge is -2.32. The number of hydrogen-bond donors (Lipinski definition) is 3. The summed E-state index contributed by atoms with van der Waals surface area (Å²) >= 11 is 0. The van der Waals surface area contributed by atoms with Gasteiger partial charge in [-0.1, -0.05) is 0 Å². The highest BCUT2D eigenvalue weighted by Crippen LogP contribution is 2.24. The molecule has 0 aromatic carbocycles. The van der Waals surface area contributed by atoms with E-state index in [4.69, 9.17) is 0 Å². The number of carbonyl (C=O) groups excluding carboxylic acids is 1. The van der Waals surface area contributed by atoms with Gasteiger partial charge in [-0.15, -0.1) is 0 Å². The number of likely N-dealkylation sites (tertiary alicyclic amines) is 1. The zero-order valence-electron chi connectivity index (χ0n) is 14.9. The maximum absolute atomic E-state index is 12.0. The first-order chi connectivity index (χ1) is 12.2. The molecular formula is C19H30N4O2. The van der Waals surface area contributed by atoms with Crippen LogP contribution in [0.25, 0.3) is 0 Å². The third-order valence-electron chi connectivity index (χ3n) is 5.45. The summed E-state index contributed by atoms with van der Waals surface area (Å²) in [5, 5.41) is 15.6. The topological polar surface area (TPSA) is 77.5 Å². The molecule has 6 heteroatoms. The van der Waals surface area contributed by atoms with Crippen LogP contribution < -0.4 is 10.6 Å². The molecule has 3 N–H and O–H groups in total. The van der Waals surface area contributed by atoms with Crippen molar-refractivity contribution in [2.75, 3.05) is 26.2 Å². The summed E-state index contributed by atoms with van der Waals surface area (Å²) < 4.78 is 0. The van der Waals surface area contributed by atoms with Crippen LogP contribution in [-0.4, -0.2) is 59.3 Å². The van der Waals surface area contributed by atoms with Crippen LogP contribution in [0.2, 0.25) is 0 Å². The van der Waals surface area contributed by atoms with E-state index in [0.29, 0.717) is 12.5 Å². The normalized spacial score (nSPS) is 25.0. The Morgan fingerprint density at radius 2 is 1.96 bits per heavy atom. The Labute approximate surface area is 150 Å². The minimum atomic E-state index is -0.175. The lowest BCUT2D eigenvalue weighted by Crippen LogP contribution is -2.48. The molecule has 1 aromatic rings. The number of pyridine rings is 1. The molecular weight excluding hydrogens is 316 g/mol. The molecule has 6 nitrogen and oxygen atoms in total. The first-order valence-electron chi connectivity index (χ1n) is 9.52. The van der Waals surface area contributed by atoms with Crippen LogP contribution in [0.15, 0.2) is 24.5 Å². The number of rotatable bonds is 6. The summed E-state index contributed by atoms with van der Waals surface area (Å²) in [6.07, 6.45) is 9.27. The second-order valence-electron chi connectivity index (χ2n) is 7.41. The van der Waals surface area contributed by atoms with Crippen molar-refractivity contribution < 1.29 is 9.90 Å². The van der Waals surface area contributed by atoms with Crippen molar-refractivity contribution in [1.82, 2.24) is 20.5 Å². The Hall–Kier alpha value is -1.66. The molecule has 2 atom stereocenters. The smallest absolute Gasteiger partial charge is 0.315 e. The zero-order chi connectivity index (χ0) is 17.5. The van der Waals surface area contributed by atoms with Crippen LogP contribution in [0.4, 0.5) is 4.79 Å². The van der Waals surface area contributed by atoms with Crippen molar-refractivity contribution in [1.29, 1.82) is 0 Å². The molecule has 0 radical (unpaired) electrons. The van der Waals surface area contributed by atoms with Gasteiger partial charge in [-0.05, 0) is 62.1 Å². The van der Waals surface area contributed by atoms with Crippen LogP contribution in [0.5, 0.6) is 0 Å². The van der Waals surface area contributed by atoms with Crippen molar-refractivity contribution in [2.45, 2.75) is 50.7 Å². The average Bonchev–Trinajstić information content (AvgIpc) is 3.06. The quantitative estimate of drug-likeness (QED) is 0.730. The van der Waals surface area contributed by atoms with Crippen molar-refractivity contribution in [3.05, 3.63) is 30.1 Å². The van der Waals surface area contributed by atoms with Crippen LogP contribution in [0.1, 0.15) is 37.7 Å². The Kier molecular flexibility index (Phi) is 6.64. The molecule has 0 bridgehead atoms. The number of aliphatic hydroxyl groups is 1. The van der Waals surface area contributed by atoms with Gasteiger partial charge in [0.2, 0.25) is 0 Å². The van der Waals surface area contributed by atoms with E-state index in [2.05, 4.69) is 32.7 Å². The second kappa shape index (κ2) is 9.15. The molecule has 0 unspecified atom stereocenters. The van der Waals surface area contributed by atoms with Crippen molar-refractivity contribution in [3.63, 3.8) is 0 Å². The summed E-state index contributed by atoms with van der Waals surface area (Å²) in [6.45, 7) is 3.80. The summed E-state index contributed by atoms with van der Waals surface area (Å²) in [5.41, 5.74) is 1.33. The van der Waals surface area contributed by atoms with E-state index in [0.717, 1.165) is 58.2 Å². The van der Waals surface area contributed by atoms with E-state index >= 15 is 0 Å². The van der Waals surface area contributed by atoms with Crippen LogP contribution >= 0.6 is 0 Å². The Morgan fingerprint density at radius 1 is 1.20 bits per heavy atom. The number of nitrogens with zero attached hydrogens (tertiary/aromatic N) is 2. The SMILES string of the molecule is O=C(NC[C@H]1CC[C@@H](O)C1)NC1CCN(CCc2ccncc2)CC1. The third kappa shape index (κ3) is 5.97. The van der Waals surface area contributed by atoms with Crippen molar-refractivity contribution >= 4 is 6.03 Å². The van der Waals surface area contributed by atoms with E-state index < -0.39 is 0 Å². The lowest BCUT2D eigenvalue weighted by atomic mass is 10.0. The summed E-state index contributed by atoms with van der Waals surface area (Å²) in [4.78, 5) is 18.6. The van der Waals surface area contributed by atoms with Gasteiger partial charge < -0.3 is 20.6 Å². The molecule has 2 aliphatic rings. The molecule has 1 aromatic heterocycles. The van der Waals surface area contributed by atoms with Crippen molar-refractivity contribution in [3.8, 4) is 0 Å². The molecule has 1 saturated heterocycles. The van der Waals surface area contributed by atoms with Gasteiger partial charge in [0.15, 0.2) is 0 Å². The van der Waals surface area contributed by atoms with Crippen LogP contribution in [0.3, 0.4) is 0 Å². The molecule has 2 amide bonds. The summed E-state index contributed by atoms with van der Waals surface area (Å²) in [6, 6.07) is 4.35. The van der Waals surface area contributed by atoms with Gasteiger partial charge in [-0.25, -0.2) is 4.79 Å². The van der Waals surface area contributed by atoms with Gasteiger partial charge in [0.25, 0.3) is 0 Å². The first kappa shape index (κ1) is 18.1. The average molecular weight is 346 g/mol. The van der Waals surface area contributed by atoms with Gasteiger partial charge in [-0.2, -0.15) is 0 Å². The molecule has 1 aliphatic carbocycles. The van der Waals surface area contributed by atoms with E-state index in [1.165, 1.54) is 5.56 Å². The number of urea groups is 1. The molecule has 0 spiro atoms. The highest BCUT2D eigenvalue weighted by Gasteiger charge is 2.24. The van der Waals surface area contributed by atoms with Gasteiger partial charge in [0.05, 0.1) is 6.10 Å². The van der Waals surface area contributed by atoms with Crippen molar-refractivity contribution in [2.24, 2.45) is 5.92 Å². The molecule has 3 rings (SSSR count). The van der Waals surface area contributed by atoms with E-state index in [-0.39, 0.29) is 18.2 Å². The fraction of sp³-hybridized carbons (Fsp3) is 0.684. The fourth-order valence-electron chi connectivity index (χ4n) is 3.84. The monoisotopic (exact) mass is 346 g/mol. The predicted molar refractivity (Wildman–Crippen MR) is 97.3 cm³/mol. The molecule has 2 fully saturated rings. The van der Waals surface area contributed by atoms with Gasteiger partial charge >= 0.3 is 6.03 Å². The van der Waals surface area contributed by atoms with E-state index in [1.807, 2.05) is 12.4 Å². The number of aliphatic hydroxyl groups excluding tert-OH is 1. The highest BCUT2D eigenvalue weighted by molar-refractivity contribution is 5.74. The van der Waals surface area contributed by atoms with Gasteiger partial charge in [-0.3, -0.25) is 4.98 Å². The van der Waals surface area contributed by atoms with Gasteiger partial charge in [0, 0.05) is 44.6 Å². The number of aromatic nitrogens is 1. The van der Waals surface area contributed by atoms with Gasteiger partial charge in [0.1, 0.15) is 0 Å². The predicted octanol–water partition coefficient (Wildman–Crippen LogP) is 1.55. The number of amides is 2. The Morgan fingerprint density at radius 3 is 2.64 bits per heavy atom. The minimum Gasteiger partial charge on any atom is -0.393 e. The molecule has 25 heavy (non-hydrogen) atoms. The fourth-order valence-corrected chi connectivity index (χ4v) is 3.84. The number of carbonyl (C=O) groups is 1. The van der Waals surface area contributed by atoms with E-state index in [9.17, 15) is 9.90 Å². The standard InChI is InChI=1S/C19H30N4O2/c24-18-2-1-16(13-18)14-21-19(25)22-17-6-11-23(12-7-17)10-5-15-3-8-20-9-4-15/h3-4,8-9,16-18,24H,1-2,5-7,10-14H2,(H2,21,22,25)/t16-,18+/m0/s1. The van der Waals surface area contributed by atoms with Crippen LogP contribution in [0, 0.1) is 5.92 Å². The Balaban J connectivity index is 1.29. The maximum Gasteiger partial charge on any atom is 0.315 e. The zero-order valence-corrected chi connectivity index (χ0v) is 14.9. The van der Waals surface area contributed by atoms with Crippen LogP contribution in [-0.2, 0) is 6.42 Å². The number of nitrogens with one attached hydrogen (secondary N) is 2. The summed E-state index contributed by atoms with van der Waals surface area (Å²) in [7, 11) is 0. The number of hydrogen-bond acceptors (Lipinski definition) is 4.